The molecule has 0 atom stereocenters. The highest BCUT2D eigenvalue weighted by molar-refractivity contribution is 7.07. The minimum absolute atomic E-state index is 0.0352. The highest BCUT2D eigenvalue weighted by Gasteiger charge is 2.17. The van der Waals surface area contributed by atoms with Crippen LogP contribution in [0.15, 0.2) is 56.9 Å². The second-order valence-corrected chi connectivity index (χ2v) is 7.60. The lowest BCUT2D eigenvalue weighted by molar-refractivity contribution is 0.415. The van der Waals surface area contributed by atoms with Crippen molar-refractivity contribution in [3.8, 4) is 5.75 Å². The smallest absolute Gasteiger partial charge is 0.355 e. The molecule has 1 N–H and O–H groups in total. The number of anilines is 2. The van der Waals surface area contributed by atoms with Gasteiger partial charge in [-0.1, -0.05) is 0 Å². The Morgan fingerprint density at radius 2 is 1.73 bits per heavy atom. The first kappa shape index (κ1) is 22.3. The van der Waals surface area contributed by atoms with Crippen LogP contribution in [0.25, 0.3) is 0 Å². The SMILES string of the molecule is COc1ccc(Nc2nc(=O)n(Cc3cscn3)c(=O)n2Cc2cc(F)c(F)c(F)c2)cc1. The quantitative estimate of drug-likeness (QED) is 0.413. The van der Waals surface area contributed by atoms with E-state index in [1.807, 2.05) is 0 Å². The average Bonchev–Trinajstić information content (AvgIpc) is 3.31. The lowest BCUT2D eigenvalue weighted by atomic mass is 10.2. The van der Waals surface area contributed by atoms with Crippen LogP contribution in [-0.2, 0) is 13.1 Å². The molecular weight excluding hydrogens is 459 g/mol. The van der Waals surface area contributed by atoms with Gasteiger partial charge in [-0.05, 0) is 42.0 Å². The molecule has 2 aromatic heterocycles. The summed E-state index contributed by atoms with van der Waals surface area (Å²) in [5, 5.41) is 4.53. The summed E-state index contributed by atoms with van der Waals surface area (Å²) in [6.07, 6.45) is 0. The molecule has 0 aliphatic rings. The van der Waals surface area contributed by atoms with Crippen molar-refractivity contribution in [3.05, 3.63) is 97.0 Å². The standard InChI is InChI=1S/C21H16F3N5O3S/c1-32-15-4-2-13(3-5-15)26-19-27-20(30)29(9-14-10-33-11-25-14)21(31)28(19)8-12-6-16(22)18(24)17(23)7-12/h2-7,10-11H,8-9H2,1H3,(H,26,27,30). The zero-order valence-electron chi connectivity index (χ0n) is 17.1. The number of thiazole rings is 1. The van der Waals surface area contributed by atoms with E-state index < -0.39 is 28.8 Å². The number of halogens is 3. The normalized spacial score (nSPS) is 10.9. The predicted octanol–water partition coefficient (Wildman–Crippen LogP) is 3.13. The van der Waals surface area contributed by atoms with Gasteiger partial charge < -0.3 is 10.1 Å². The van der Waals surface area contributed by atoms with E-state index in [1.54, 1.807) is 35.2 Å². The van der Waals surface area contributed by atoms with Gasteiger partial charge >= 0.3 is 11.4 Å². The molecule has 0 aliphatic carbocycles. The summed E-state index contributed by atoms with van der Waals surface area (Å²) >= 11 is 1.29. The number of hydrogen-bond donors (Lipinski definition) is 1. The van der Waals surface area contributed by atoms with Crippen LogP contribution in [-0.4, -0.2) is 26.2 Å². The number of rotatable bonds is 7. The minimum Gasteiger partial charge on any atom is -0.497 e. The maximum atomic E-state index is 13.7. The van der Waals surface area contributed by atoms with E-state index >= 15 is 0 Å². The zero-order valence-corrected chi connectivity index (χ0v) is 17.9. The first-order valence-corrected chi connectivity index (χ1v) is 10.4. The van der Waals surface area contributed by atoms with E-state index in [0.717, 1.165) is 21.3 Å². The summed E-state index contributed by atoms with van der Waals surface area (Å²) < 4.78 is 47.9. The third-order valence-corrected chi connectivity index (χ3v) is 5.32. The van der Waals surface area contributed by atoms with Gasteiger partial charge in [0.15, 0.2) is 17.5 Å². The van der Waals surface area contributed by atoms with Crippen LogP contribution in [0.3, 0.4) is 0 Å². The van der Waals surface area contributed by atoms with E-state index in [4.69, 9.17) is 4.74 Å². The number of nitrogens with zero attached hydrogens (tertiary/aromatic N) is 4. The molecule has 0 fully saturated rings. The van der Waals surface area contributed by atoms with E-state index in [2.05, 4.69) is 15.3 Å². The summed E-state index contributed by atoms with van der Waals surface area (Å²) in [4.78, 5) is 33.8. The fourth-order valence-electron chi connectivity index (χ4n) is 3.07. The molecule has 2 heterocycles. The lowest BCUT2D eigenvalue weighted by Crippen LogP contribution is -2.43. The fourth-order valence-corrected chi connectivity index (χ4v) is 3.62. The van der Waals surface area contributed by atoms with Crippen LogP contribution < -0.4 is 21.4 Å². The van der Waals surface area contributed by atoms with Gasteiger partial charge in [0, 0.05) is 11.1 Å². The molecule has 0 unspecified atom stereocenters. The first-order valence-electron chi connectivity index (χ1n) is 9.49. The van der Waals surface area contributed by atoms with Gasteiger partial charge in [0.2, 0.25) is 5.95 Å². The van der Waals surface area contributed by atoms with Crippen molar-refractivity contribution in [2.75, 3.05) is 12.4 Å². The van der Waals surface area contributed by atoms with Crippen LogP contribution in [0.4, 0.5) is 24.8 Å². The van der Waals surface area contributed by atoms with E-state index in [0.29, 0.717) is 17.1 Å². The van der Waals surface area contributed by atoms with Crippen molar-refractivity contribution < 1.29 is 17.9 Å². The van der Waals surface area contributed by atoms with Crippen LogP contribution in [0, 0.1) is 17.5 Å². The topological polar surface area (TPSA) is 91.0 Å². The third kappa shape index (κ3) is 4.80. The molecule has 4 rings (SSSR count). The predicted molar refractivity (Wildman–Crippen MR) is 116 cm³/mol. The van der Waals surface area contributed by atoms with Crippen molar-refractivity contribution in [3.63, 3.8) is 0 Å². The Bertz CT molecular complexity index is 1380. The van der Waals surface area contributed by atoms with Gasteiger partial charge in [-0.3, -0.25) is 4.57 Å². The summed E-state index contributed by atoms with van der Waals surface area (Å²) in [5.41, 5.74) is 0.843. The molecule has 4 aromatic rings. The van der Waals surface area contributed by atoms with Gasteiger partial charge in [-0.2, -0.15) is 4.98 Å². The van der Waals surface area contributed by atoms with Gasteiger partial charge in [-0.15, -0.1) is 11.3 Å². The Labute approximate surface area is 188 Å². The molecule has 0 radical (unpaired) electrons. The Hall–Kier alpha value is -3.93. The molecule has 12 heteroatoms. The van der Waals surface area contributed by atoms with Gasteiger partial charge in [-0.25, -0.2) is 32.3 Å². The highest BCUT2D eigenvalue weighted by atomic mass is 32.1. The highest BCUT2D eigenvalue weighted by Crippen LogP contribution is 2.19. The molecule has 0 aliphatic heterocycles. The second-order valence-electron chi connectivity index (χ2n) is 6.88. The largest absolute Gasteiger partial charge is 0.497 e. The van der Waals surface area contributed by atoms with Crippen molar-refractivity contribution >= 4 is 23.0 Å². The maximum Gasteiger partial charge on any atom is 0.355 e. The van der Waals surface area contributed by atoms with Crippen molar-refractivity contribution in [2.24, 2.45) is 0 Å². The van der Waals surface area contributed by atoms with Crippen LogP contribution in [0.1, 0.15) is 11.3 Å². The van der Waals surface area contributed by atoms with E-state index in [1.165, 1.54) is 18.4 Å². The number of methoxy groups -OCH3 is 1. The molecule has 0 saturated carbocycles. The number of nitrogens with one attached hydrogen (secondary N) is 1. The van der Waals surface area contributed by atoms with E-state index in [9.17, 15) is 22.8 Å². The van der Waals surface area contributed by atoms with Crippen molar-refractivity contribution in [2.45, 2.75) is 13.1 Å². The molecule has 33 heavy (non-hydrogen) atoms. The number of hydrogen-bond acceptors (Lipinski definition) is 7. The maximum absolute atomic E-state index is 13.7. The third-order valence-electron chi connectivity index (χ3n) is 4.68. The van der Waals surface area contributed by atoms with Crippen LogP contribution in [0.2, 0.25) is 0 Å². The Balaban J connectivity index is 1.80. The van der Waals surface area contributed by atoms with Crippen molar-refractivity contribution in [1.29, 1.82) is 0 Å². The van der Waals surface area contributed by atoms with E-state index in [-0.39, 0.29) is 24.6 Å². The molecule has 2 aromatic carbocycles. The van der Waals surface area contributed by atoms with Crippen molar-refractivity contribution in [1.82, 2.24) is 19.1 Å². The monoisotopic (exact) mass is 475 g/mol. The summed E-state index contributed by atoms with van der Waals surface area (Å²) in [7, 11) is 1.50. The molecule has 170 valence electrons. The summed E-state index contributed by atoms with van der Waals surface area (Å²) in [5.74, 6) is -3.98. The summed E-state index contributed by atoms with van der Waals surface area (Å²) in [6, 6.07) is 8.12. The van der Waals surface area contributed by atoms with Gasteiger partial charge in [0.1, 0.15) is 5.75 Å². The number of aromatic nitrogens is 4. The molecule has 8 nitrogen and oxygen atoms in total. The summed E-state index contributed by atoms with van der Waals surface area (Å²) in [6.45, 7) is -0.515. The Morgan fingerprint density at radius 3 is 2.33 bits per heavy atom. The lowest BCUT2D eigenvalue weighted by Gasteiger charge is -2.16. The first-order chi connectivity index (χ1) is 15.9. The average molecular weight is 475 g/mol. The number of ether oxygens (including phenoxy) is 1. The zero-order chi connectivity index (χ0) is 23.5. The molecule has 0 saturated heterocycles. The molecule has 0 bridgehead atoms. The number of benzene rings is 2. The van der Waals surface area contributed by atoms with Crippen LogP contribution in [0.5, 0.6) is 5.75 Å². The Kier molecular flexibility index (Phi) is 6.27. The van der Waals surface area contributed by atoms with Gasteiger partial charge in [0.25, 0.3) is 0 Å². The fraction of sp³-hybridized carbons (Fsp3) is 0.143. The Morgan fingerprint density at radius 1 is 1.03 bits per heavy atom. The molecule has 0 spiro atoms. The van der Waals surface area contributed by atoms with Crippen LogP contribution >= 0.6 is 11.3 Å². The molecule has 0 amide bonds. The minimum atomic E-state index is -1.62. The molecular formula is C21H16F3N5O3S. The van der Waals surface area contributed by atoms with Gasteiger partial charge in [0.05, 0.1) is 31.4 Å². The second kappa shape index (κ2) is 9.28.